The molecule has 3 rings (SSSR count). The fourth-order valence-electron chi connectivity index (χ4n) is 1.44. The van der Waals surface area contributed by atoms with Crippen LogP contribution in [0.15, 0.2) is 21.5 Å². The van der Waals surface area contributed by atoms with Crippen molar-refractivity contribution in [2.45, 2.75) is 25.3 Å². The number of hydrogen-bond donors (Lipinski definition) is 0. The second-order valence-corrected chi connectivity index (χ2v) is 4.50. The summed E-state index contributed by atoms with van der Waals surface area (Å²) in [7, 11) is 0. The highest BCUT2D eigenvalue weighted by atomic mass is 79.9. The maximum atomic E-state index is 5.07. The lowest BCUT2D eigenvalue weighted by molar-refractivity contribution is 0.368. The van der Waals surface area contributed by atoms with Gasteiger partial charge in [-0.25, -0.2) is 9.67 Å². The van der Waals surface area contributed by atoms with Gasteiger partial charge in [-0.05, 0) is 28.8 Å². The van der Waals surface area contributed by atoms with Gasteiger partial charge in [0.05, 0.1) is 0 Å². The summed E-state index contributed by atoms with van der Waals surface area (Å²) in [6.45, 7) is 0.582. The molecule has 0 radical (unpaired) electrons. The van der Waals surface area contributed by atoms with Gasteiger partial charge in [0.2, 0.25) is 0 Å². The fraction of sp³-hybridized carbons (Fsp3) is 0.444. The van der Waals surface area contributed by atoms with Gasteiger partial charge in [-0.15, -0.1) is 0 Å². The fourth-order valence-corrected chi connectivity index (χ4v) is 1.76. The van der Waals surface area contributed by atoms with Crippen molar-refractivity contribution in [1.29, 1.82) is 0 Å². The van der Waals surface area contributed by atoms with Gasteiger partial charge < -0.3 is 4.52 Å². The molecule has 78 valence electrons. The van der Waals surface area contributed by atoms with Crippen LogP contribution in [-0.4, -0.2) is 19.9 Å². The summed E-state index contributed by atoms with van der Waals surface area (Å²) in [5, 5.41) is 8.13. The Hall–Kier alpha value is -1.17. The molecule has 0 saturated heterocycles. The normalized spacial score (nSPS) is 15.8. The summed E-state index contributed by atoms with van der Waals surface area (Å²) in [6.07, 6.45) is 4.18. The maximum Gasteiger partial charge on any atom is 0.159 e. The van der Waals surface area contributed by atoms with Gasteiger partial charge in [0, 0.05) is 12.0 Å². The Morgan fingerprint density at radius 3 is 3.07 bits per heavy atom. The van der Waals surface area contributed by atoms with Crippen LogP contribution in [0.4, 0.5) is 0 Å². The lowest BCUT2D eigenvalue weighted by Crippen LogP contribution is -1.99. The molecule has 1 saturated carbocycles. The third-order valence-corrected chi connectivity index (χ3v) is 2.72. The number of hydrogen-bond acceptors (Lipinski definition) is 4. The molecule has 0 aromatic carbocycles. The number of nitrogens with zero attached hydrogens (tertiary/aromatic N) is 4. The van der Waals surface area contributed by atoms with Gasteiger partial charge in [-0.1, -0.05) is 5.16 Å². The molecule has 1 aliphatic carbocycles. The number of rotatable bonds is 3. The highest BCUT2D eigenvalue weighted by molar-refractivity contribution is 9.10. The average molecular weight is 269 g/mol. The Kier molecular flexibility index (Phi) is 2.09. The van der Waals surface area contributed by atoms with Crippen molar-refractivity contribution in [1.82, 2.24) is 19.9 Å². The molecule has 5 nitrogen and oxygen atoms in total. The van der Waals surface area contributed by atoms with E-state index >= 15 is 0 Å². The molecule has 2 aromatic rings. The SMILES string of the molecule is Brc1cc(Cn2cnc(C3CC3)n2)on1. The average Bonchev–Trinajstić information content (AvgIpc) is 2.84. The summed E-state index contributed by atoms with van der Waals surface area (Å²) in [6, 6.07) is 1.83. The zero-order valence-electron chi connectivity index (χ0n) is 7.93. The molecule has 0 aliphatic heterocycles. The molecular formula is C9H9BrN4O. The van der Waals surface area contributed by atoms with Crippen molar-refractivity contribution < 1.29 is 4.52 Å². The van der Waals surface area contributed by atoms with Crippen LogP contribution in [0.5, 0.6) is 0 Å². The first-order chi connectivity index (χ1) is 7.31. The molecule has 2 aromatic heterocycles. The van der Waals surface area contributed by atoms with E-state index in [1.165, 1.54) is 12.8 Å². The second kappa shape index (κ2) is 3.44. The van der Waals surface area contributed by atoms with E-state index in [1.54, 1.807) is 11.0 Å². The topological polar surface area (TPSA) is 56.7 Å². The van der Waals surface area contributed by atoms with E-state index in [2.05, 4.69) is 31.2 Å². The summed E-state index contributed by atoms with van der Waals surface area (Å²) in [5.41, 5.74) is 0. The van der Waals surface area contributed by atoms with Crippen molar-refractivity contribution in [3.05, 3.63) is 28.6 Å². The lowest BCUT2D eigenvalue weighted by atomic mass is 10.4. The van der Waals surface area contributed by atoms with Gasteiger partial charge >= 0.3 is 0 Å². The van der Waals surface area contributed by atoms with Gasteiger partial charge in [-0.3, -0.25) is 0 Å². The molecule has 6 heteroatoms. The summed E-state index contributed by atoms with van der Waals surface area (Å²) in [5.74, 6) is 2.32. The molecule has 0 bridgehead atoms. The van der Waals surface area contributed by atoms with Crippen LogP contribution >= 0.6 is 15.9 Å². The molecule has 0 amide bonds. The summed E-state index contributed by atoms with van der Waals surface area (Å²) >= 11 is 3.23. The molecule has 1 aliphatic rings. The van der Waals surface area contributed by atoms with Crippen molar-refractivity contribution in [2.24, 2.45) is 0 Å². The largest absolute Gasteiger partial charge is 0.358 e. The van der Waals surface area contributed by atoms with Crippen LogP contribution < -0.4 is 0 Å². The van der Waals surface area contributed by atoms with Gasteiger partial charge in [-0.2, -0.15) is 5.10 Å². The predicted octanol–water partition coefficient (Wildman–Crippen LogP) is 1.95. The molecule has 1 fully saturated rings. The molecule has 0 spiro atoms. The first-order valence-electron chi connectivity index (χ1n) is 4.82. The predicted molar refractivity (Wildman–Crippen MR) is 55.3 cm³/mol. The highest BCUT2D eigenvalue weighted by Crippen LogP contribution is 2.37. The van der Waals surface area contributed by atoms with Crippen LogP contribution in [0, 0.1) is 0 Å². The van der Waals surface area contributed by atoms with Crippen LogP contribution in [0.1, 0.15) is 30.3 Å². The van der Waals surface area contributed by atoms with E-state index in [-0.39, 0.29) is 0 Å². The standard InChI is InChI=1S/C9H9BrN4O/c10-8-3-7(15-13-8)4-14-5-11-9(12-14)6-1-2-6/h3,5-6H,1-2,4H2. The Morgan fingerprint density at radius 2 is 2.40 bits per heavy atom. The van der Waals surface area contributed by atoms with Crippen molar-refractivity contribution in [2.75, 3.05) is 0 Å². The minimum atomic E-state index is 0.582. The van der Waals surface area contributed by atoms with E-state index in [0.29, 0.717) is 17.1 Å². The molecule has 2 heterocycles. The van der Waals surface area contributed by atoms with E-state index in [4.69, 9.17) is 4.52 Å². The Labute approximate surface area is 94.6 Å². The summed E-state index contributed by atoms with van der Waals surface area (Å²) in [4.78, 5) is 4.26. The first kappa shape index (κ1) is 9.08. The lowest BCUT2D eigenvalue weighted by Gasteiger charge is -1.93. The first-order valence-corrected chi connectivity index (χ1v) is 5.61. The van der Waals surface area contributed by atoms with E-state index in [0.717, 1.165) is 11.6 Å². The Bertz CT molecular complexity index is 474. The quantitative estimate of drug-likeness (QED) is 0.854. The monoisotopic (exact) mass is 268 g/mol. The third kappa shape index (κ3) is 1.94. The van der Waals surface area contributed by atoms with Crippen LogP contribution in [0.2, 0.25) is 0 Å². The molecular weight excluding hydrogens is 260 g/mol. The number of aromatic nitrogens is 4. The van der Waals surface area contributed by atoms with Crippen molar-refractivity contribution in [3.63, 3.8) is 0 Å². The Balaban J connectivity index is 1.75. The van der Waals surface area contributed by atoms with Crippen LogP contribution in [0.3, 0.4) is 0 Å². The Morgan fingerprint density at radius 1 is 1.53 bits per heavy atom. The van der Waals surface area contributed by atoms with Crippen LogP contribution in [0.25, 0.3) is 0 Å². The molecule has 0 atom stereocenters. The highest BCUT2D eigenvalue weighted by Gasteiger charge is 2.27. The molecule has 0 N–H and O–H groups in total. The van der Waals surface area contributed by atoms with Gasteiger partial charge in [0.25, 0.3) is 0 Å². The zero-order chi connectivity index (χ0) is 10.3. The van der Waals surface area contributed by atoms with Crippen LogP contribution in [-0.2, 0) is 6.54 Å². The zero-order valence-corrected chi connectivity index (χ0v) is 9.51. The third-order valence-electron chi connectivity index (χ3n) is 2.34. The minimum absolute atomic E-state index is 0.582. The van der Waals surface area contributed by atoms with Gasteiger partial charge in [0.15, 0.2) is 11.6 Å². The van der Waals surface area contributed by atoms with Crippen molar-refractivity contribution >= 4 is 15.9 Å². The maximum absolute atomic E-state index is 5.07. The van der Waals surface area contributed by atoms with Gasteiger partial charge in [0.1, 0.15) is 17.5 Å². The summed E-state index contributed by atoms with van der Waals surface area (Å²) < 4.78 is 7.55. The molecule has 15 heavy (non-hydrogen) atoms. The van der Waals surface area contributed by atoms with E-state index in [1.807, 2.05) is 6.07 Å². The molecule has 0 unspecified atom stereocenters. The van der Waals surface area contributed by atoms with E-state index < -0.39 is 0 Å². The minimum Gasteiger partial charge on any atom is -0.358 e. The van der Waals surface area contributed by atoms with E-state index in [9.17, 15) is 0 Å². The smallest absolute Gasteiger partial charge is 0.159 e. The second-order valence-electron chi connectivity index (χ2n) is 3.69. The van der Waals surface area contributed by atoms with Crippen molar-refractivity contribution in [3.8, 4) is 0 Å². The number of halogens is 1.